The lowest BCUT2D eigenvalue weighted by Crippen LogP contribution is -2.30. The molecule has 18 heavy (non-hydrogen) atoms. The van der Waals surface area contributed by atoms with Crippen LogP contribution in [0.2, 0.25) is 0 Å². The molecule has 1 aromatic rings. The Morgan fingerprint density at radius 3 is 2.56 bits per heavy atom. The molecule has 2 atom stereocenters. The van der Waals surface area contributed by atoms with E-state index in [1.807, 2.05) is 0 Å². The maximum absolute atomic E-state index is 12.2. The van der Waals surface area contributed by atoms with E-state index < -0.39 is 12.2 Å². The molecule has 1 heterocycles. The molecule has 5 nitrogen and oxygen atoms in total. The molecule has 0 bridgehead atoms. The largest absolute Gasteiger partial charge is 0.497 e. The fourth-order valence-electron chi connectivity index (χ4n) is 1.90. The van der Waals surface area contributed by atoms with Crippen molar-refractivity contribution in [3.05, 3.63) is 28.2 Å². The smallest absolute Gasteiger partial charge is 0.255 e. The number of hydrogen-bond acceptors (Lipinski definition) is 4. The van der Waals surface area contributed by atoms with Gasteiger partial charge in [0.15, 0.2) is 0 Å². The van der Waals surface area contributed by atoms with Crippen molar-refractivity contribution in [2.24, 2.45) is 0 Å². The fraction of sp³-hybridized carbons (Fsp3) is 0.417. The average Bonchev–Trinajstić information content (AvgIpc) is 2.69. The molecule has 98 valence electrons. The second-order valence-electron chi connectivity index (χ2n) is 4.19. The van der Waals surface area contributed by atoms with E-state index in [1.165, 1.54) is 12.0 Å². The van der Waals surface area contributed by atoms with Gasteiger partial charge in [-0.05, 0) is 34.1 Å². The molecule has 2 unspecified atom stereocenters. The van der Waals surface area contributed by atoms with Gasteiger partial charge < -0.3 is 19.8 Å². The topological polar surface area (TPSA) is 70.0 Å². The Kier molecular flexibility index (Phi) is 3.89. The zero-order chi connectivity index (χ0) is 13.3. The van der Waals surface area contributed by atoms with Gasteiger partial charge in [0.05, 0.1) is 24.9 Å². The van der Waals surface area contributed by atoms with E-state index in [1.54, 1.807) is 18.2 Å². The van der Waals surface area contributed by atoms with E-state index in [4.69, 9.17) is 4.74 Å². The number of benzene rings is 1. The summed E-state index contributed by atoms with van der Waals surface area (Å²) in [6, 6.07) is 5.10. The quantitative estimate of drug-likeness (QED) is 0.840. The number of likely N-dealkylation sites (tertiary alicyclic amines) is 1. The molecule has 1 amide bonds. The van der Waals surface area contributed by atoms with Crippen molar-refractivity contribution in [1.82, 2.24) is 4.90 Å². The van der Waals surface area contributed by atoms with E-state index in [0.717, 1.165) is 0 Å². The normalized spacial score (nSPS) is 23.2. The van der Waals surface area contributed by atoms with Gasteiger partial charge in [-0.1, -0.05) is 0 Å². The highest BCUT2D eigenvalue weighted by atomic mass is 79.9. The molecule has 1 aliphatic rings. The monoisotopic (exact) mass is 315 g/mol. The van der Waals surface area contributed by atoms with Crippen molar-refractivity contribution in [2.75, 3.05) is 20.2 Å². The molecule has 2 rings (SSSR count). The molecule has 1 aromatic carbocycles. The van der Waals surface area contributed by atoms with E-state index in [-0.39, 0.29) is 19.0 Å². The van der Waals surface area contributed by atoms with Crippen molar-refractivity contribution in [2.45, 2.75) is 12.2 Å². The van der Waals surface area contributed by atoms with Gasteiger partial charge in [0.2, 0.25) is 0 Å². The highest BCUT2D eigenvalue weighted by Gasteiger charge is 2.33. The van der Waals surface area contributed by atoms with E-state index in [0.29, 0.717) is 15.8 Å². The molecule has 0 aromatic heterocycles. The lowest BCUT2D eigenvalue weighted by Gasteiger charge is -2.16. The van der Waals surface area contributed by atoms with E-state index in [2.05, 4.69) is 15.9 Å². The summed E-state index contributed by atoms with van der Waals surface area (Å²) in [6.45, 7) is 0.285. The zero-order valence-electron chi connectivity index (χ0n) is 9.84. The second kappa shape index (κ2) is 5.26. The molecular formula is C12H14BrNO4. The van der Waals surface area contributed by atoms with Crippen LogP contribution in [0.1, 0.15) is 10.4 Å². The van der Waals surface area contributed by atoms with Crippen molar-refractivity contribution in [3.63, 3.8) is 0 Å². The Balaban J connectivity index is 2.23. The Bertz CT molecular complexity index is 455. The molecule has 0 radical (unpaired) electrons. The first kappa shape index (κ1) is 13.3. The standard InChI is InChI=1S/C12H14BrNO4/c1-18-7-2-3-9(13)8(4-7)12(17)14-5-10(15)11(16)6-14/h2-4,10-11,15-16H,5-6H2,1H3. The second-order valence-corrected chi connectivity index (χ2v) is 5.04. The molecule has 1 aliphatic heterocycles. The summed E-state index contributed by atoms with van der Waals surface area (Å²) in [7, 11) is 1.53. The number of halogens is 1. The number of rotatable bonds is 2. The van der Waals surface area contributed by atoms with Crippen LogP contribution in [0.4, 0.5) is 0 Å². The third-order valence-electron chi connectivity index (χ3n) is 2.95. The van der Waals surface area contributed by atoms with Crippen LogP contribution in [0.5, 0.6) is 5.75 Å². The number of hydrogen-bond donors (Lipinski definition) is 2. The van der Waals surface area contributed by atoms with Gasteiger partial charge in [-0.25, -0.2) is 0 Å². The van der Waals surface area contributed by atoms with Gasteiger partial charge in [-0.2, -0.15) is 0 Å². The number of methoxy groups -OCH3 is 1. The minimum atomic E-state index is -0.877. The molecule has 6 heteroatoms. The van der Waals surface area contributed by atoms with Gasteiger partial charge in [-0.15, -0.1) is 0 Å². The fourth-order valence-corrected chi connectivity index (χ4v) is 2.32. The number of carbonyl (C=O) groups excluding carboxylic acids is 1. The van der Waals surface area contributed by atoms with Crippen LogP contribution in [0.3, 0.4) is 0 Å². The Morgan fingerprint density at radius 1 is 1.39 bits per heavy atom. The summed E-state index contributed by atoms with van der Waals surface area (Å²) in [5.74, 6) is 0.346. The number of ether oxygens (including phenoxy) is 1. The number of β-amino-alcohol motifs (C(OH)–C–C–N with tert-alkyl or cyclic N) is 2. The average molecular weight is 316 g/mol. The van der Waals surface area contributed by atoms with E-state index >= 15 is 0 Å². The summed E-state index contributed by atoms with van der Waals surface area (Å²) in [4.78, 5) is 13.7. The maximum atomic E-state index is 12.2. The van der Waals surface area contributed by atoms with Crippen LogP contribution in [-0.2, 0) is 0 Å². The van der Waals surface area contributed by atoms with Crippen LogP contribution in [0.25, 0.3) is 0 Å². The number of nitrogens with zero attached hydrogens (tertiary/aromatic N) is 1. The first-order valence-corrected chi connectivity index (χ1v) is 6.31. The van der Waals surface area contributed by atoms with Crippen LogP contribution < -0.4 is 4.74 Å². The van der Waals surface area contributed by atoms with Gasteiger partial charge in [0.25, 0.3) is 5.91 Å². The molecule has 0 aliphatic carbocycles. The summed E-state index contributed by atoms with van der Waals surface area (Å²) in [6.07, 6.45) is -1.75. The summed E-state index contributed by atoms with van der Waals surface area (Å²) in [5.41, 5.74) is 0.454. The summed E-state index contributed by atoms with van der Waals surface area (Å²) < 4.78 is 5.73. The predicted octanol–water partition coefficient (Wildman–Crippen LogP) is 0.635. The molecule has 2 N–H and O–H groups in total. The first-order valence-electron chi connectivity index (χ1n) is 5.52. The highest BCUT2D eigenvalue weighted by molar-refractivity contribution is 9.10. The zero-order valence-corrected chi connectivity index (χ0v) is 11.4. The van der Waals surface area contributed by atoms with Crippen LogP contribution in [0.15, 0.2) is 22.7 Å². The summed E-state index contributed by atoms with van der Waals surface area (Å²) >= 11 is 3.31. The number of carbonyl (C=O) groups is 1. The molecular weight excluding hydrogens is 302 g/mol. The van der Waals surface area contributed by atoms with Crippen molar-refractivity contribution in [1.29, 1.82) is 0 Å². The molecule has 0 spiro atoms. The molecule has 1 fully saturated rings. The van der Waals surface area contributed by atoms with Crippen molar-refractivity contribution in [3.8, 4) is 5.75 Å². The van der Waals surface area contributed by atoms with Gasteiger partial charge in [0, 0.05) is 17.6 Å². The lowest BCUT2D eigenvalue weighted by atomic mass is 10.2. The number of aliphatic hydroxyl groups excluding tert-OH is 2. The minimum absolute atomic E-state index is 0.143. The predicted molar refractivity (Wildman–Crippen MR) is 68.6 cm³/mol. The minimum Gasteiger partial charge on any atom is -0.497 e. The maximum Gasteiger partial charge on any atom is 0.255 e. The Hall–Kier alpha value is -1.11. The van der Waals surface area contributed by atoms with Crippen molar-refractivity contribution >= 4 is 21.8 Å². The lowest BCUT2D eigenvalue weighted by molar-refractivity contribution is 0.0572. The van der Waals surface area contributed by atoms with Crippen LogP contribution in [-0.4, -0.2) is 53.4 Å². The first-order chi connectivity index (χ1) is 8.52. The van der Waals surface area contributed by atoms with Gasteiger partial charge >= 0.3 is 0 Å². The molecule has 0 saturated carbocycles. The summed E-state index contributed by atoms with van der Waals surface area (Å²) in [5, 5.41) is 18.9. The van der Waals surface area contributed by atoms with Crippen molar-refractivity contribution < 1.29 is 19.7 Å². The Labute approximate surface area is 113 Å². The van der Waals surface area contributed by atoms with Crippen LogP contribution in [0, 0.1) is 0 Å². The number of aliphatic hydroxyl groups is 2. The van der Waals surface area contributed by atoms with Gasteiger partial charge in [0.1, 0.15) is 5.75 Å². The van der Waals surface area contributed by atoms with Gasteiger partial charge in [-0.3, -0.25) is 4.79 Å². The third kappa shape index (κ3) is 2.50. The molecule has 1 saturated heterocycles. The SMILES string of the molecule is COc1ccc(Br)c(C(=O)N2CC(O)C(O)C2)c1. The Morgan fingerprint density at radius 2 is 2.00 bits per heavy atom. The van der Waals surface area contributed by atoms with Crippen LogP contribution >= 0.6 is 15.9 Å². The number of amides is 1. The highest BCUT2D eigenvalue weighted by Crippen LogP contribution is 2.25. The van der Waals surface area contributed by atoms with E-state index in [9.17, 15) is 15.0 Å². The third-order valence-corrected chi connectivity index (χ3v) is 3.64.